The summed E-state index contributed by atoms with van der Waals surface area (Å²) in [6, 6.07) is 17.8. The largest absolute Gasteiger partial charge is 0.477 e. The van der Waals surface area contributed by atoms with Crippen LogP contribution in [0.5, 0.6) is 5.88 Å². The second-order valence-electron chi connectivity index (χ2n) is 7.61. The van der Waals surface area contributed by atoms with E-state index in [0.29, 0.717) is 31.0 Å². The Bertz CT molecular complexity index is 1240. The van der Waals surface area contributed by atoms with Crippen LogP contribution < -0.4 is 10.3 Å². The van der Waals surface area contributed by atoms with Gasteiger partial charge >= 0.3 is 0 Å². The van der Waals surface area contributed by atoms with E-state index in [-0.39, 0.29) is 5.56 Å². The summed E-state index contributed by atoms with van der Waals surface area (Å²) < 4.78 is 9.15. The van der Waals surface area contributed by atoms with Crippen molar-refractivity contribution in [2.45, 2.75) is 33.7 Å². The van der Waals surface area contributed by atoms with Crippen molar-refractivity contribution in [1.29, 1.82) is 0 Å². The van der Waals surface area contributed by atoms with Crippen LogP contribution in [0.3, 0.4) is 0 Å². The van der Waals surface area contributed by atoms with Crippen LogP contribution in [0.25, 0.3) is 5.69 Å². The smallest absolute Gasteiger partial charge is 0.270 e. The van der Waals surface area contributed by atoms with Crippen LogP contribution in [0.1, 0.15) is 34.9 Å². The summed E-state index contributed by atoms with van der Waals surface area (Å²) in [7, 11) is 0. The number of ether oxygens (including phenoxy) is 1. The third kappa shape index (κ3) is 4.74. The van der Waals surface area contributed by atoms with Gasteiger partial charge in [0.1, 0.15) is 0 Å². The first-order valence-corrected chi connectivity index (χ1v) is 10.4. The van der Waals surface area contributed by atoms with Crippen molar-refractivity contribution in [2.24, 2.45) is 0 Å². The molecule has 0 radical (unpaired) electrons. The van der Waals surface area contributed by atoms with Crippen molar-refractivity contribution in [2.75, 3.05) is 6.61 Å². The monoisotopic (exact) mass is 414 g/mol. The lowest BCUT2D eigenvalue weighted by molar-refractivity contribution is 0.314. The zero-order valence-electron chi connectivity index (χ0n) is 18.1. The molecule has 2 aromatic heterocycles. The van der Waals surface area contributed by atoms with Gasteiger partial charge in [-0.3, -0.25) is 4.79 Å². The number of aryl methyl sites for hydroxylation is 2. The highest BCUT2D eigenvalue weighted by Gasteiger charge is 2.12. The van der Waals surface area contributed by atoms with Gasteiger partial charge in [0.15, 0.2) is 0 Å². The summed E-state index contributed by atoms with van der Waals surface area (Å²) >= 11 is 0. The van der Waals surface area contributed by atoms with Gasteiger partial charge in [0.25, 0.3) is 5.56 Å². The molecule has 6 nitrogen and oxygen atoms in total. The van der Waals surface area contributed by atoms with Crippen molar-refractivity contribution < 1.29 is 4.74 Å². The second kappa shape index (κ2) is 9.00. The minimum Gasteiger partial charge on any atom is -0.477 e. The van der Waals surface area contributed by atoms with Crippen molar-refractivity contribution >= 4 is 0 Å². The van der Waals surface area contributed by atoms with Gasteiger partial charge in [-0.25, -0.2) is 9.67 Å². The Labute approximate surface area is 181 Å². The van der Waals surface area contributed by atoms with Crippen molar-refractivity contribution in [3.63, 3.8) is 0 Å². The molecule has 6 heteroatoms. The quantitative estimate of drug-likeness (QED) is 0.457. The molecular formula is C25H26N4O2. The van der Waals surface area contributed by atoms with Crippen molar-refractivity contribution in [3.05, 3.63) is 105 Å². The Hall–Kier alpha value is -3.67. The summed E-state index contributed by atoms with van der Waals surface area (Å²) in [6.07, 6.45) is 4.33. The Morgan fingerprint density at radius 1 is 1.00 bits per heavy atom. The number of hydrogen-bond acceptors (Lipinski definition) is 4. The van der Waals surface area contributed by atoms with Gasteiger partial charge in [-0.05, 0) is 43.5 Å². The maximum atomic E-state index is 13.1. The summed E-state index contributed by atoms with van der Waals surface area (Å²) in [4.78, 5) is 17.4. The first-order chi connectivity index (χ1) is 15.0. The summed E-state index contributed by atoms with van der Waals surface area (Å²) in [5.41, 5.74) is 5.83. The molecule has 158 valence electrons. The summed E-state index contributed by atoms with van der Waals surface area (Å²) in [6.45, 7) is 6.85. The standard InChI is InChI=1S/C25H26N4O2/c1-4-31-24-14-22(25(30)29(27-24)16-20-8-6-5-7-9-20)13-21-10-11-23(18(2)12-21)28-15-19(3)26-17-28/h5-12,14-15,17H,4,13,16H2,1-3H3. The molecule has 0 spiro atoms. The average molecular weight is 415 g/mol. The Balaban J connectivity index is 1.65. The van der Waals surface area contributed by atoms with E-state index in [4.69, 9.17) is 4.74 Å². The zero-order valence-corrected chi connectivity index (χ0v) is 18.1. The summed E-state index contributed by atoms with van der Waals surface area (Å²) in [5.74, 6) is 0.468. The van der Waals surface area contributed by atoms with E-state index in [2.05, 4.69) is 35.2 Å². The van der Waals surface area contributed by atoms with E-state index in [1.165, 1.54) is 4.68 Å². The Kier molecular flexibility index (Phi) is 5.98. The van der Waals surface area contributed by atoms with Gasteiger partial charge in [-0.15, -0.1) is 5.10 Å². The lowest BCUT2D eigenvalue weighted by Gasteiger charge is -2.12. The number of benzene rings is 2. The molecular weight excluding hydrogens is 388 g/mol. The third-order valence-corrected chi connectivity index (χ3v) is 5.14. The molecule has 0 amide bonds. The fraction of sp³-hybridized carbons (Fsp3) is 0.240. The molecule has 0 aliphatic rings. The van der Waals surface area contributed by atoms with Gasteiger partial charge in [-0.1, -0.05) is 42.5 Å². The van der Waals surface area contributed by atoms with Crippen LogP contribution in [0.2, 0.25) is 0 Å². The van der Waals surface area contributed by atoms with E-state index < -0.39 is 0 Å². The Morgan fingerprint density at radius 2 is 1.81 bits per heavy atom. The van der Waals surface area contributed by atoms with E-state index >= 15 is 0 Å². The van der Waals surface area contributed by atoms with Crippen LogP contribution in [-0.2, 0) is 13.0 Å². The first-order valence-electron chi connectivity index (χ1n) is 10.4. The molecule has 0 saturated carbocycles. The number of rotatable bonds is 7. The molecule has 0 bridgehead atoms. The van der Waals surface area contributed by atoms with E-state index in [9.17, 15) is 4.79 Å². The van der Waals surface area contributed by atoms with Crippen LogP contribution in [0.15, 0.2) is 71.9 Å². The molecule has 0 unspecified atom stereocenters. The van der Waals surface area contributed by atoms with E-state index in [1.54, 1.807) is 6.07 Å². The fourth-order valence-corrected chi connectivity index (χ4v) is 3.67. The molecule has 0 aliphatic heterocycles. The first kappa shape index (κ1) is 20.6. The van der Waals surface area contributed by atoms with Gasteiger partial charge < -0.3 is 9.30 Å². The molecule has 2 heterocycles. The predicted octanol–water partition coefficient (Wildman–Crippen LogP) is 4.08. The number of imidazole rings is 1. The second-order valence-corrected chi connectivity index (χ2v) is 7.61. The van der Waals surface area contributed by atoms with Crippen LogP contribution in [-0.4, -0.2) is 25.9 Å². The molecule has 0 saturated heterocycles. The van der Waals surface area contributed by atoms with E-state index in [0.717, 1.165) is 28.1 Å². The minimum atomic E-state index is -0.0979. The van der Waals surface area contributed by atoms with Gasteiger partial charge in [-0.2, -0.15) is 0 Å². The minimum absolute atomic E-state index is 0.0979. The number of nitrogens with zero attached hydrogens (tertiary/aromatic N) is 4. The van der Waals surface area contributed by atoms with Crippen molar-refractivity contribution in [1.82, 2.24) is 19.3 Å². The third-order valence-electron chi connectivity index (χ3n) is 5.14. The normalized spacial score (nSPS) is 10.9. The van der Waals surface area contributed by atoms with Crippen LogP contribution >= 0.6 is 0 Å². The molecule has 31 heavy (non-hydrogen) atoms. The van der Waals surface area contributed by atoms with Crippen LogP contribution in [0.4, 0.5) is 0 Å². The van der Waals surface area contributed by atoms with Crippen LogP contribution in [0, 0.1) is 13.8 Å². The van der Waals surface area contributed by atoms with Gasteiger partial charge in [0.05, 0.1) is 25.2 Å². The highest BCUT2D eigenvalue weighted by molar-refractivity contribution is 5.44. The predicted molar refractivity (Wildman–Crippen MR) is 121 cm³/mol. The highest BCUT2D eigenvalue weighted by atomic mass is 16.5. The lowest BCUT2D eigenvalue weighted by atomic mass is 10.0. The van der Waals surface area contributed by atoms with Gasteiger partial charge in [0.2, 0.25) is 5.88 Å². The molecule has 4 aromatic rings. The molecule has 2 aromatic carbocycles. The molecule has 0 fully saturated rings. The molecule has 0 aliphatic carbocycles. The zero-order chi connectivity index (χ0) is 21.8. The summed E-state index contributed by atoms with van der Waals surface area (Å²) in [5, 5.41) is 4.40. The molecule has 4 rings (SSSR count). The number of hydrogen-bond donors (Lipinski definition) is 0. The SMILES string of the molecule is CCOc1cc(Cc2ccc(-n3cnc(C)c3)c(C)c2)c(=O)n(Cc2ccccc2)n1. The lowest BCUT2D eigenvalue weighted by Crippen LogP contribution is -2.27. The molecule has 0 N–H and O–H groups in total. The Morgan fingerprint density at radius 3 is 2.48 bits per heavy atom. The topological polar surface area (TPSA) is 61.9 Å². The highest BCUT2D eigenvalue weighted by Crippen LogP contribution is 2.19. The number of aromatic nitrogens is 4. The fourth-order valence-electron chi connectivity index (χ4n) is 3.67. The average Bonchev–Trinajstić information content (AvgIpc) is 3.18. The van der Waals surface area contributed by atoms with Gasteiger partial charge in [0, 0.05) is 29.9 Å². The molecule has 0 atom stereocenters. The van der Waals surface area contributed by atoms with E-state index in [1.807, 2.05) is 61.3 Å². The maximum absolute atomic E-state index is 13.1. The van der Waals surface area contributed by atoms with Crippen molar-refractivity contribution in [3.8, 4) is 11.6 Å². The maximum Gasteiger partial charge on any atom is 0.270 e.